The molecule has 1 N–H and O–H groups in total. The minimum absolute atomic E-state index is 0.0287. The van der Waals surface area contributed by atoms with Gasteiger partial charge in [-0.1, -0.05) is 29.8 Å². The maximum Gasteiger partial charge on any atom is 0.225 e. The van der Waals surface area contributed by atoms with E-state index in [0.29, 0.717) is 13.0 Å². The summed E-state index contributed by atoms with van der Waals surface area (Å²) in [6, 6.07) is 11.7. The molecule has 0 aliphatic carbocycles. The van der Waals surface area contributed by atoms with Crippen molar-refractivity contribution in [1.29, 1.82) is 0 Å². The fourth-order valence-electron chi connectivity index (χ4n) is 2.22. The molecule has 0 spiro atoms. The Morgan fingerprint density at radius 2 is 2.00 bits per heavy atom. The van der Waals surface area contributed by atoms with Crippen molar-refractivity contribution in [2.75, 3.05) is 6.54 Å². The molecule has 3 nitrogen and oxygen atoms in total. The summed E-state index contributed by atoms with van der Waals surface area (Å²) in [5, 5.41) is 5.71. The van der Waals surface area contributed by atoms with Gasteiger partial charge >= 0.3 is 0 Å². The molecule has 0 fully saturated rings. The van der Waals surface area contributed by atoms with E-state index >= 15 is 0 Å². The normalized spacial score (nSPS) is 10.7. The third-order valence-corrected chi connectivity index (χ3v) is 5.33. The van der Waals surface area contributed by atoms with E-state index in [1.807, 2.05) is 41.8 Å². The number of halogens is 1. The van der Waals surface area contributed by atoms with Crippen molar-refractivity contribution in [2.24, 2.45) is 0 Å². The smallest absolute Gasteiger partial charge is 0.225 e. The van der Waals surface area contributed by atoms with Gasteiger partial charge in [-0.15, -0.1) is 22.7 Å². The van der Waals surface area contributed by atoms with Crippen LogP contribution in [0.15, 0.2) is 47.3 Å². The molecular weight excluding hydrogens is 348 g/mol. The number of rotatable bonds is 6. The summed E-state index contributed by atoms with van der Waals surface area (Å²) in [6.07, 6.45) is 1.17. The molecule has 1 amide bonds. The van der Waals surface area contributed by atoms with Crippen LogP contribution in [-0.4, -0.2) is 17.4 Å². The molecule has 23 heavy (non-hydrogen) atoms. The summed E-state index contributed by atoms with van der Waals surface area (Å²) in [7, 11) is 0. The van der Waals surface area contributed by atoms with Crippen molar-refractivity contribution in [2.45, 2.75) is 12.8 Å². The van der Waals surface area contributed by atoms with Crippen LogP contribution in [0.1, 0.15) is 10.4 Å². The molecule has 2 aromatic heterocycles. The number of aromatic nitrogens is 1. The number of carbonyl (C=O) groups excluding carboxylic acids is 1. The maximum atomic E-state index is 12.1. The van der Waals surface area contributed by atoms with Gasteiger partial charge in [-0.25, -0.2) is 4.98 Å². The Hall–Kier alpha value is -1.69. The van der Waals surface area contributed by atoms with Gasteiger partial charge in [-0.3, -0.25) is 4.79 Å². The minimum atomic E-state index is 0.0287. The molecule has 0 aliphatic rings. The molecule has 0 radical (unpaired) electrons. The molecule has 0 unspecified atom stereocenters. The lowest BCUT2D eigenvalue weighted by atomic mass is 10.1. The van der Waals surface area contributed by atoms with Crippen molar-refractivity contribution in [1.82, 2.24) is 10.3 Å². The van der Waals surface area contributed by atoms with E-state index in [1.54, 1.807) is 16.8 Å². The van der Waals surface area contributed by atoms with Gasteiger partial charge in [0.2, 0.25) is 5.91 Å². The number of nitrogens with zero attached hydrogens (tertiary/aromatic N) is 1. The van der Waals surface area contributed by atoms with E-state index in [-0.39, 0.29) is 5.91 Å². The molecule has 0 saturated heterocycles. The zero-order valence-corrected chi connectivity index (χ0v) is 14.7. The molecule has 0 aliphatic heterocycles. The van der Waals surface area contributed by atoms with Gasteiger partial charge in [0.25, 0.3) is 0 Å². The first-order valence-electron chi connectivity index (χ1n) is 7.20. The second-order valence-electron chi connectivity index (χ2n) is 5.00. The number of amides is 1. The van der Waals surface area contributed by atoms with Crippen LogP contribution in [0.5, 0.6) is 0 Å². The van der Waals surface area contributed by atoms with E-state index in [2.05, 4.69) is 10.3 Å². The van der Waals surface area contributed by atoms with Gasteiger partial charge in [-0.05, 0) is 35.6 Å². The number of benzene rings is 1. The van der Waals surface area contributed by atoms with Crippen molar-refractivity contribution in [3.63, 3.8) is 0 Å². The van der Waals surface area contributed by atoms with Crippen LogP contribution < -0.4 is 5.32 Å². The maximum absolute atomic E-state index is 12.1. The highest BCUT2D eigenvalue weighted by Gasteiger charge is 2.13. The molecule has 118 valence electrons. The zero-order chi connectivity index (χ0) is 16.1. The highest BCUT2D eigenvalue weighted by Crippen LogP contribution is 2.29. The summed E-state index contributed by atoms with van der Waals surface area (Å²) in [4.78, 5) is 18.6. The van der Waals surface area contributed by atoms with Gasteiger partial charge in [0.1, 0.15) is 0 Å². The first kappa shape index (κ1) is 16.2. The van der Waals surface area contributed by atoms with Crippen LogP contribution >= 0.6 is 34.3 Å². The highest BCUT2D eigenvalue weighted by atomic mass is 35.5. The summed E-state index contributed by atoms with van der Waals surface area (Å²) in [5.41, 5.74) is 3.88. The lowest BCUT2D eigenvalue weighted by Gasteiger charge is -2.05. The second-order valence-corrected chi connectivity index (χ2v) is 7.33. The summed E-state index contributed by atoms with van der Waals surface area (Å²) < 4.78 is 0. The molecule has 0 bridgehead atoms. The van der Waals surface area contributed by atoms with E-state index in [9.17, 15) is 4.79 Å². The Morgan fingerprint density at radius 3 is 2.74 bits per heavy atom. The molecule has 6 heteroatoms. The summed E-state index contributed by atoms with van der Waals surface area (Å²) in [6.45, 7) is 0.619. The molecule has 3 aromatic rings. The lowest BCUT2D eigenvalue weighted by molar-refractivity contribution is -0.120. The van der Waals surface area contributed by atoms with E-state index < -0.39 is 0 Å². The topological polar surface area (TPSA) is 42.0 Å². The molecule has 3 rings (SSSR count). The fourth-order valence-corrected chi connectivity index (χ4v) is 3.93. The third-order valence-electron chi connectivity index (χ3n) is 3.37. The van der Waals surface area contributed by atoms with Crippen molar-refractivity contribution in [3.05, 3.63) is 62.8 Å². The van der Waals surface area contributed by atoms with Crippen LogP contribution in [0.3, 0.4) is 0 Å². The van der Waals surface area contributed by atoms with Crippen LogP contribution in [0.25, 0.3) is 10.6 Å². The quantitative estimate of drug-likeness (QED) is 0.705. The summed E-state index contributed by atoms with van der Waals surface area (Å²) in [5.74, 6) is 0.0287. The SMILES string of the molecule is O=C(Cc1scnc1-c1cccs1)NCCc1ccc(Cl)cc1. The average molecular weight is 363 g/mol. The van der Waals surface area contributed by atoms with Crippen LogP contribution in [0.2, 0.25) is 5.02 Å². The number of hydrogen-bond donors (Lipinski definition) is 1. The number of thiazole rings is 1. The van der Waals surface area contributed by atoms with Crippen molar-refractivity contribution in [3.8, 4) is 10.6 Å². The highest BCUT2D eigenvalue weighted by molar-refractivity contribution is 7.14. The van der Waals surface area contributed by atoms with E-state index in [0.717, 1.165) is 32.5 Å². The van der Waals surface area contributed by atoms with Gasteiger partial charge in [0.05, 0.1) is 22.5 Å². The van der Waals surface area contributed by atoms with E-state index in [1.165, 1.54) is 11.3 Å². The van der Waals surface area contributed by atoms with Crippen molar-refractivity contribution >= 4 is 40.2 Å². The van der Waals surface area contributed by atoms with Crippen LogP contribution in [0, 0.1) is 0 Å². The zero-order valence-electron chi connectivity index (χ0n) is 12.3. The van der Waals surface area contributed by atoms with Crippen molar-refractivity contribution < 1.29 is 4.79 Å². The first-order chi connectivity index (χ1) is 11.2. The van der Waals surface area contributed by atoms with Crippen LogP contribution in [-0.2, 0) is 17.6 Å². The monoisotopic (exact) mass is 362 g/mol. The molecule has 1 aromatic carbocycles. The minimum Gasteiger partial charge on any atom is -0.355 e. The Labute approximate surface area is 148 Å². The van der Waals surface area contributed by atoms with Gasteiger partial charge in [0, 0.05) is 16.4 Å². The second kappa shape index (κ2) is 7.73. The number of thiophene rings is 1. The standard InChI is InChI=1S/C17H15ClN2OS2/c18-13-5-3-12(4-6-13)7-8-19-16(21)10-15-17(20-11-23-15)14-2-1-9-22-14/h1-6,9,11H,7-8,10H2,(H,19,21). The largest absolute Gasteiger partial charge is 0.355 e. The van der Waals surface area contributed by atoms with Gasteiger partial charge in [-0.2, -0.15) is 0 Å². The Balaban J connectivity index is 1.52. The first-order valence-corrected chi connectivity index (χ1v) is 9.33. The fraction of sp³-hybridized carbons (Fsp3) is 0.176. The summed E-state index contributed by atoms with van der Waals surface area (Å²) >= 11 is 9.03. The Kier molecular flexibility index (Phi) is 5.43. The predicted molar refractivity (Wildman–Crippen MR) is 97.3 cm³/mol. The number of nitrogens with one attached hydrogen (secondary N) is 1. The molecular formula is C17H15ClN2OS2. The van der Waals surface area contributed by atoms with Gasteiger partial charge in [0.15, 0.2) is 0 Å². The van der Waals surface area contributed by atoms with Crippen LogP contribution in [0.4, 0.5) is 0 Å². The van der Waals surface area contributed by atoms with E-state index in [4.69, 9.17) is 11.6 Å². The Bertz CT molecular complexity index is 766. The Morgan fingerprint density at radius 1 is 1.17 bits per heavy atom. The number of carbonyl (C=O) groups is 1. The third kappa shape index (κ3) is 4.41. The lowest BCUT2D eigenvalue weighted by Crippen LogP contribution is -2.27. The molecule has 0 saturated carbocycles. The molecule has 0 atom stereocenters. The predicted octanol–water partition coefficient (Wildman–Crippen LogP) is 4.43. The average Bonchev–Trinajstić information content (AvgIpc) is 3.20. The number of hydrogen-bond acceptors (Lipinski definition) is 4. The molecule has 2 heterocycles. The van der Waals surface area contributed by atoms with Gasteiger partial charge < -0.3 is 5.32 Å².